The van der Waals surface area contributed by atoms with Gasteiger partial charge in [-0.1, -0.05) is 22.0 Å². The average molecular weight is 270 g/mol. The number of carbonyl (C=O) groups excluding carboxylic acids is 2. The lowest BCUT2D eigenvalue weighted by molar-refractivity contribution is -0.314. The van der Waals surface area contributed by atoms with Crippen LogP contribution in [-0.4, -0.2) is 18.0 Å². The van der Waals surface area contributed by atoms with E-state index in [1.165, 1.54) is 0 Å². The fourth-order valence-corrected chi connectivity index (χ4v) is 1.84. The number of carboxylic acids is 1. The molecule has 1 heterocycles. The van der Waals surface area contributed by atoms with Gasteiger partial charge in [0.05, 0.1) is 11.5 Å². The number of benzene rings is 1. The number of aliphatic carboxylic acids is 1. The standard InChI is InChI=1S/C10H7BrO4/c11-6-2-1-5-3-8(9(12)13)15-10(14)7(5)4-6/h1-2,4,8H,3H2,(H,12,13)/p-1/t8-/m0/s1. The first-order valence-electron chi connectivity index (χ1n) is 4.28. The maximum atomic E-state index is 11.4. The summed E-state index contributed by atoms with van der Waals surface area (Å²) < 4.78 is 5.46. The summed E-state index contributed by atoms with van der Waals surface area (Å²) in [5.41, 5.74) is 1.07. The minimum absolute atomic E-state index is 0.163. The van der Waals surface area contributed by atoms with Crippen LogP contribution in [0, 0.1) is 0 Å². The van der Waals surface area contributed by atoms with E-state index in [-0.39, 0.29) is 6.42 Å². The molecular weight excluding hydrogens is 264 g/mol. The Morgan fingerprint density at radius 1 is 1.53 bits per heavy atom. The maximum absolute atomic E-state index is 11.4. The van der Waals surface area contributed by atoms with Gasteiger partial charge in [-0.3, -0.25) is 0 Å². The molecule has 0 spiro atoms. The van der Waals surface area contributed by atoms with Gasteiger partial charge >= 0.3 is 5.97 Å². The van der Waals surface area contributed by atoms with E-state index >= 15 is 0 Å². The fourth-order valence-electron chi connectivity index (χ4n) is 1.48. The third-order valence-corrected chi connectivity index (χ3v) is 2.70. The topological polar surface area (TPSA) is 66.4 Å². The molecule has 0 saturated heterocycles. The van der Waals surface area contributed by atoms with E-state index in [0.29, 0.717) is 11.1 Å². The first-order valence-corrected chi connectivity index (χ1v) is 5.07. The minimum atomic E-state index is -1.36. The SMILES string of the molecule is O=C1O[C@H](C(=O)[O-])Cc2ccc(Br)cc21. The van der Waals surface area contributed by atoms with Crippen molar-refractivity contribution in [1.82, 2.24) is 0 Å². The molecule has 2 rings (SSSR count). The molecule has 78 valence electrons. The van der Waals surface area contributed by atoms with Crippen LogP contribution in [0.3, 0.4) is 0 Å². The van der Waals surface area contributed by atoms with E-state index in [1.54, 1.807) is 18.2 Å². The molecule has 0 unspecified atom stereocenters. The van der Waals surface area contributed by atoms with Gasteiger partial charge in [-0.2, -0.15) is 0 Å². The molecule has 0 fully saturated rings. The highest BCUT2D eigenvalue weighted by atomic mass is 79.9. The summed E-state index contributed by atoms with van der Waals surface area (Å²) >= 11 is 3.23. The number of carboxylic acid groups (broad SMARTS) is 1. The molecule has 0 saturated carbocycles. The van der Waals surface area contributed by atoms with Crippen LogP contribution in [0.1, 0.15) is 15.9 Å². The van der Waals surface area contributed by atoms with Gasteiger partial charge in [-0.05, 0) is 17.7 Å². The highest BCUT2D eigenvalue weighted by molar-refractivity contribution is 9.10. The summed E-state index contributed by atoms with van der Waals surface area (Å²) in [7, 11) is 0. The van der Waals surface area contributed by atoms with E-state index in [1.807, 2.05) is 0 Å². The lowest BCUT2D eigenvalue weighted by Gasteiger charge is -2.25. The molecule has 15 heavy (non-hydrogen) atoms. The zero-order valence-corrected chi connectivity index (χ0v) is 9.11. The third-order valence-electron chi connectivity index (χ3n) is 2.21. The fraction of sp³-hybridized carbons (Fsp3) is 0.200. The van der Waals surface area contributed by atoms with E-state index in [4.69, 9.17) is 4.74 Å². The van der Waals surface area contributed by atoms with Gasteiger partial charge in [0.15, 0.2) is 0 Å². The Bertz CT molecular complexity index is 441. The third kappa shape index (κ3) is 1.87. The van der Waals surface area contributed by atoms with Crippen molar-refractivity contribution in [2.75, 3.05) is 0 Å². The first-order chi connectivity index (χ1) is 7.08. The van der Waals surface area contributed by atoms with Crippen LogP contribution in [0.4, 0.5) is 0 Å². The van der Waals surface area contributed by atoms with Crippen LogP contribution in [0.15, 0.2) is 22.7 Å². The number of cyclic esters (lactones) is 1. The number of halogens is 1. The summed E-state index contributed by atoms with van der Waals surface area (Å²) in [6, 6.07) is 5.07. The number of hydrogen-bond donors (Lipinski definition) is 0. The van der Waals surface area contributed by atoms with Crippen LogP contribution in [0.5, 0.6) is 0 Å². The second-order valence-corrected chi connectivity index (χ2v) is 4.13. The Morgan fingerprint density at radius 3 is 2.93 bits per heavy atom. The van der Waals surface area contributed by atoms with Gasteiger partial charge in [0.25, 0.3) is 0 Å². The Kier molecular flexibility index (Phi) is 2.48. The van der Waals surface area contributed by atoms with Gasteiger partial charge in [0, 0.05) is 10.9 Å². The molecule has 1 aromatic rings. The summed E-state index contributed by atoms with van der Waals surface area (Å²) in [5, 5.41) is 10.6. The molecular formula is C10H6BrO4-. The molecule has 1 aliphatic rings. The zero-order valence-electron chi connectivity index (χ0n) is 7.53. The number of hydrogen-bond acceptors (Lipinski definition) is 4. The number of fused-ring (bicyclic) bond motifs is 1. The van der Waals surface area contributed by atoms with Crippen molar-refractivity contribution in [2.24, 2.45) is 0 Å². The molecule has 0 aromatic heterocycles. The Balaban J connectivity index is 2.41. The van der Waals surface area contributed by atoms with Gasteiger partial charge in [-0.15, -0.1) is 0 Å². The largest absolute Gasteiger partial charge is 0.546 e. The van der Waals surface area contributed by atoms with Crippen molar-refractivity contribution in [3.05, 3.63) is 33.8 Å². The molecule has 4 nitrogen and oxygen atoms in total. The molecule has 1 aliphatic heterocycles. The molecule has 0 N–H and O–H groups in total. The van der Waals surface area contributed by atoms with Gasteiger partial charge in [-0.25, -0.2) is 4.79 Å². The van der Waals surface area contributed by atoms with Crippen molar-refractivity contribution in [3.63, 3.8) is 0 Å². The van der Waals surface area contributed by atoms with Crippen molar-refractivity contribution in [3.8, 4) is 0 Å². The van der Waals surface area contributed by atoms with Crippen molar-refractivity contribution >= 4 is 27.9 Å². The summed E-state index contributed by atoms with van der Waals surface area (Å²) in [6.45, 7) is 0. The van der Waals surface area contributed by atoms with Crippen molar-refractivity contribution in [1.29, 1.82) is 0 Å². The molecule has 0 aliphatic carbocycles. The zero-order chi connectivity index (χ0) is 11.0. The number of esters is 1. The Morgan fingerprint density at radius 2 is 2.27 bits per heavy atom. The van der Waals surface area contributed by atoms with E-state index < -0.39 is 18.0 Å². The van der Waals surface area contributed by atoms with Gasteiger partial charge < -0.3 is 14.6 Å². The highest BCUT2D eigenvalue weighted by Gasteiger charge is 2.26. The molecule has 0 radical (unpaired) electrons. The van der Waals surface area contributed by atoms with Crippen LogP contribution in [-0.2, 0) is 16.0 Å². The number of ether oxygens (including phenoxy) is 1. The number of carbonyl (C=O) groups is 2. The Hall–Kier alpha value is -1.36. The Labute approximate surface area is 94.0 Å². The highest BCUT2D eigenvalue weighted by Crippen LogP contribution is 2.23. The minimum Gasteiger partial charge on any atom is -0.546 e. The predicted molar refractivity (Wildman–Crippen MR) is 52.1 cm³/mol. The van der Waals surface area contributed by atoms with E-state index in [0.717, 1.165) is 4.47 Å². The smallest absolute Gasteiger partial charge is 0.339 e. The lowest BCUT2D eigenvalue weighted by atomic mass is 9.99. The summed E-state index contributed by atoms with van der Waals surface area (Å²) in [6.07, 6.45) is -1.01. The summed E-state index contributed by atoms with van der Waals surface area (Å²) in [5.74, 6) is -1.98. The van der Waals surface area contributed by atoms with E-state index in [2.05, 4.69) is 15.9 Å². The predicted octanol–water partition coefficient (Wildman–Crippen LogP) is 0.280. The number of rotatable bonds is 1. The van der Waals surface area contributed by atoms with Gasteiger partial charge in [0.1, 0.15) is 6.10 Å². The second-order valence-electron chi connectivity index (χ2n) is 3.22. The molecule has 5 heteroatoms. The molecule has 0 amide bonds. The van der Waals surface area contributed by atoms with Crippen LogP contribution < -0.4 is 5.11 Å². The molecule has 1 atom stereocenters. The first kappa shape index (κ1) is 10.2. The van der Waals surface area contributed by atoms with Gasteiger partial charge in [0.2, 0.25) is 0 Å². The summed E-state index contributed by atoms with van der Waals surface area (Å²) in [4.78, 5) is 22.0. The van der Waals surface area contributed by atoms with Crippen LogP contribution in [0.2, 0.25) is 0 Å². The normalized spacial score (nSPS) is 19.3. The molecule has 0 bridgehead atoms. The average Bonchev–Trinajstić information content (AvgIpc) is 2.18. The van der Waals surface area contributed by atoms with Crippen molar-refractivity contribution in [2.45, 2.75) is 12.5 Å². The molecule has 1 aromatic carbocycles. The van der Waals surface area contributed by atoms with E-state index in [9.17, 15) is 14.7 Å². The lowest BCUT2D eigenvalue weighted by Crippen LogP contribution is -2.42. The quantitative estimate of drug-likeness (QED) is 0.687. The van der Waals surface area contributed by atoms with Crippen molar-refractivity contribution < 1.29 is 19.4 Å². The second kappa shape index (κ2) is 3.66. The monoisotopic (exact) mass is 269 g/mol. The van der Waals surface area contributed by atoms with Crippen LogP contribution in [0.25, 0.3) is 0 Å². The maximum Gasteiger partial charge on any atom is 0.339 e. The van der Waals surface area contributed by atoms with Crippen LogP contribution >= 0.6 is 15.9 Å².